The number of hydrogen-bond acceptors (Lipinski definition) is 2. The van der Waals surface area contributed by atoms with Crippen molar-refractivity contribution in [2.24, 2.45) is 0 Å². The van der Waals surface area contributed by atoms with Crippen molar-refractivity contribution in [2.45, 2.75) is 62.7 Å². The van der Waals surface area contributed by atoms with Gasteiger partial charge in [-0.15, -0.1) is 0 Å². The van der Waals surface area contributed by atoms with Gasteiger partial charge in [-0.05, 0) is 60.8 Å². The number of benzene rings is 4. The number of nitrogens with zero attached hydrogens (tertiary/aromatic N) is 2. The van der Waals surface area contributed by atoms with Crippen molar-refractivity contribution in [3.63, 3.8) is 0 Å². The van der Waals surface area contributed by atoms with Gasteiger partial charge >= 0.3 is 0 Å². The van der Waals surface area contributed by atoms with E-state index in [4.69, 9.17) is 0 Å². The van der Waals surface area contributed by atoms with Crippen LogP contribution in [0.25, 0.3) is 0 Å². The predicted octanol–water partition coefficient (Wildman–Crippen LogP) is 9.48. The van der Waals surface area contributed by atoms with E-state index in [0.717, 1.165) is 13.1 Å². The highest BCUT2D eigenvalue weighted by Gasteiger charge is 2.33. The second kappa shape index (κ2) is 13.3. The van der Waals surface area contributed by atoms with Crippen LogP contribution in [0.3, 0.4) is 0 Å². The van der Waals surface area contributed by atoms with E-state index in [2.05, 4.69) is 143 Å². The fourth-order valence-electron chi connectivity index (χ4n) is 7.14. The highest BCUT2D eigenvalue weighted by atomic mass is 15.2. The Bertz CT molecular complexity index is 1120. The van der Waals surface area contributed by atoms with Crippen LogP contribution in [0.1, 0.15) is 84.9 Å². The predicted molar refractivity (Wildman–Crippen MR) is 167 cm³/mol. The van der Waals surface area contributed by atoms with Gasteiger partial charge < -0.3 is 0 Å². The summed E-state index contributed by atoms with van der Waals surface area (Å²) in [5.74, 6) is 0. The van der Waals surface area contributed by atoms with E-state index >= 15 is 0 Å². The van der Waals surface area contributed by atoms with Crippen molar-refractivity contribution in [3.05, 3.63) is 156 Å². The molecule has 2 nitrogen and oxygen atoms in total. The van der Waals surface area contributed by atoms with Crippen LogP contribution in [-0.2, 0) is 0 Å². The molecular formula is C38H42N2. The molecule has 4 aromatic rings. The Balaban J connectivity index is 1.25. The summed E-state index contributed by atoms with van der Waals surface area (Å²) in [6.45, 7) is 1.94. The largest absolute Gasteiger partial charge is 0.286 e. The van der Waals surface area contributed by atoms with Crippen LogP contribution < -0.4 is 0 Å². The zero-order valence-corrected chi connectivity index (χ0v) is 23.6. The zero-order valence-electron chi connectivity index (χ0n) is 23.6. The first-order valence-corrected chi connectivity index (χ1v) is 15.2. The van der Waals surface area contributed by atoms with Gasteiger partial charge in [-0.25, -0.2) is 0 Å². The maximum absolute atomic E-state index is 2.75. The van der Waals surface area contributed by atoms with Gasteiger partial charge in [0.2, 0.25) is 0 Å². The molecule has 0 N–H and O–H groups in total. The Morgan fingerprint density at radius 3 is 0.900 bits per heavy atom. The number of rotatable bonds is 8. The Kier molecular flexibility index (Phi) is 8.87. The van der Waals surface area contributed by atoms with E-state index < -0.39 is 0 Å². The fourth-order valence-corrected chi connectivity index (χ4v) is 7.14. The molecule has 6 rings (SSSR count). The lowest BCUT2D eigenvalue weighted by atomic mass is 9.87. The summed E-state index contributed by atoms with van der Waals surface area (Å²) in [7, 11) is 0. The van der Waals surface area contributed by atoms with Crippen LogP contribution in [-0.4, -0.2) is 22.9 Å². The van der Waals surface area contributed by atoms with Crippen LogP contribution in [0, 0.1) is 0 Å². The molecule has 2 fully saturated rings. The van der Waals surface area contributed by atoms with E-state index in [0.29, 0.717) is 24.2 Å². The molecule has 0 amide bonds. The summed E-state index contributed by atoms with van der Waals surface area (Å²) in [5, 5.41) is 0. The van der Waals surface area contributed by atoms with Crippen LogP contribution >= 0.6 is 0 Å². The molecule has 0 bridgehead atoms. The van der Waals surface area contributed by atoms with E-state index in [1.807, 2.05) is 0 Å². The topological polar surface area (TPSA) is 6.48 Å². The molecule has 4 atom stereocenters. The van der Waals surface area contributed by atoms with Gasteiger partial charge in [-0.1, -0.05) is 133 Å². The molecule has 4 unspecified atom stereocenters. The van der Waals surface area contributed by atoms with Crippen LogP contribution in [0.5, 0.6) is 0 Å². The smallest absolute Gasteiger partial charge is 0.0357 e. The summed E-state index contributed by atoms with van der Waals surface area (Å²) in [4.78, 5) is 5.51. The lowest BCUT2D eigenvalue weighted by Crippen LogP contribution is -2.37. The summed E-state index contributed by atoms with van der Waals surface area (Å²) in [6, 6.07) is 46.4. The molecule has 0 saturated carbocycles. The van der Waals surface area contributed by atoms with Gasteiger partial charge in [0.1, 0.15) is 0 Å². The SMILES string of the molecule is C(=C\CN1C(c2ccccc2)CCCC1c1ccccc1)/CN1C(c2ccccc2)CCCC1c1ccccc1. The molecule has 0 aliphatic carbocycles. The molecule has 0 aromatic heterocycles. The molecule has 2 heterocycles. The Labute approximate surface area is 241 Å². The highest BCUT2D eigenvalue weighted by molar-refractivity contribution is 5.26. The van der Waals surface area contributed by atoms with Crippen LogP contribution in [0.2, 0.25) is 0 Å². The van der Waals surface area contributed by atoms with Crippen molar-refractivity contribution in [1.82, 2.24) is 9.80 Å². The standard InChI is InChI=1S/C38H42N2/c1-5-17-31(18-6-1)35-25-15-26-36(32-19-7-2-8-20-32)39(35)29-13-14-30-40-37(33-21-9-3-10-22-33)27-16-28-38(40)34-23-11-4-12-24-34/h1-14,17-24,35-38H,15-16,25-30H2/b14-13+. The van der Waals surface area contributed by atoms with Gasteiger partial charge in [0.25, 0.3) is 0 Å². The summed E-state index contributed by atoms with van der Waals surface area (Å²) >= 11 is 0. The van der Waals surface area contributed by atoms with Crippen molar-refractivity contribution in [3.8, 4) is 0 Å². The average Bonchev–Trinajstić information content (AvgIpc) is 3.04. The van der Waals surface area contributed by atoms with E-state index in [9.17, 15) is 0 Å². The lowest BCUT2D eigenvalue weighted by Gasteiger charge is -2.43. The Morgan fingerprint density at radius 2 is 0.650 bits per heavy atom. The van der Waals surface area contributed by atoms with Gasteiger partial charge in [0.15, 0.2) is 0 Å². The molecular weight excluding hydrogens is 484 g/mol. The third-order valence-corrected chi connectivity index (χ3v) is 9.05. The third kappa shape index (κ3) is 6.14. The first kappa shape index (κ1) is 26.7. The number of piperidine rings is 2. The maximum Gasteiger partial charge on any atom is 0.0357 e. The van der Waals surface area contributed by atoms with E-state index in [-0.39, 0.29) is 0 Å². The molecule has 0 radical (unpaired) electrons. The average molecular weight is 527 g/mol. The summed E-state index contributed by atoms with van der Waals surface area (Å²) in [6.07, 6.45) is 12.3. The molecule has 204 valence electrons. The van der Waals surface area contributed by atoms with E-state index in [1.54, 1.807) is 0 Å². The second-order valence-electron chi connectivity index (χ2n) is 11.4. The zero-order chi connectivity index (χ0) is 27.0. The lowest BCUT2D eigenvalue weighted by molar-refractivity contribution is 0.0919. The minimum atomic E-state index is 0.453. The summed E-state index contributed by atoms with van der Waals surface area (Å²) < 4.78 is 0. The van der Waals surface area contributed by atoms with Crippen LogP contribution in [0.4, 0.5) is 0 Å². The molecule has 40 heavy (non-hydrogen) atoms. The Hall–Kier alpha value is -3.46. The first-order chi connectivity index (χ1) is 19.9. The molecule has 2 saturated heterocycles. The monoisotopic (exact) mass is 526 g/mol. The van der Waals surface area contributed by atoms with Crippen molar-refractivity contribution in [2.75, 3.05) is 13.1 Å². The normalized spacial score (nSPS) is 24.3. The quantitative estimate of drug-likeness (QED) is 0.211. The third-order valence-electron chi connectivity index (χ3n) is 9.05. The van der Waals surface area contributed by atoms with Gasteiger partial charge in [0, 0.05) is 37.3 Å². The molecule has 2 heteroatoms. The van der Waals surface area contributed by atoms with E-state index in [1.165, 1.54) is 60.8 Å². The minimum absolute atomic E-state index is 0.453. The van der Waals surface area contributed by atoms with Crippen molar-refractivity contribution < 1.29 is 0 Å². The molecule has 4 aromatic carbocycles. The molecule has 0 spiro atoms. The van der Waals surface area contributed by atoms with Gasteiger partial charge in [-0.3, -0.25) is 9.80 Å². The fraction of sp³-hybridized carbons (Fsp3) is 0.316. The number of hydrogen-bond donors (Lipinski definition) is 0. The molecule has 2 aliphatic heterocycles. The second-order valence-corrected chi connectivity index (χ2v) is 11.4. The maximum atomic E-state index is 2.75. The first-order valence-electron chi connectivity index (χ1n) is 15.2. The van der Waals surface area contributed by atoms with Gasteiger partial charge in [0.05, 0.1) is 0 Å². The molecule has 2 aliphatic rings. The number of likely N-dealkylation sites (tertiary alicyclic amines) is 2. The van der Waals surface area contributed by atoms with Crippen LogP contribution in [0.15, 0.2) is 133 Å². The summed E-state index contributed by atoms with van der Waals surface area (Å²) in [5.41, 5.74) is 5.78. The van der Waals surface area contributed by atoms with Gasteiger partial charge in [-0.2, -0.15) is 0 Å². The van der Waals surface area contributed by atoms with Crippen molar-refractivity contribution >= 4 is 0 Å². The highest BCUT2D eigenvalue weighted by Crippen LogP contribution is 2.43. The minimum Gasteiger partial charge on any atom is -0.286 e. The Morgan fingerprint density at radius 1 is 0.400 bits per heavy atom. The van der Waals surface area contributed by atoms with Crippen molar-refractivity contribution in [1.29, 1.82) is 0 Å².